The molecule has 2 aromatic carbocycles. The van der Waals surface area contributed by atoms with E-state index in [2.05, 4.69) is 15.8 Å². The Morgan fingerprint density at radius 2 is 1.67 bits per heavy atom. The number of carbonyl (C=O) groups excluding carboxylic acids is 3. The number of hydrazine groups is 1. The van der Waals surface area contributed by atoms with Crippen molar-refractivity contribution in [2.45, 2.75) is 60.2 Å². The van der Waals surface area contributed by atoms with Gasteiger partial charge in [0.2, 0.25) is 5.89 Å². The standard InChI is InChI=1S/C34H39N5O6/c1-7-43-33(42)34(5,6)45-30-22(2)16-25(17-23(30)3)19-39(21-29(40)37-38-31(41)27-14-11-15-35-18-27)20-28-24(4)44-32(36-28)26-12-9-8-10-13-26/h8-18H,7,19-21H2,1-6H3,(H,37,40)(H,38,41). The van der Waals surface area contributed by atoms with Crippen LogP contribution in [0.4, 0.5) is 0 Å². The van der Waals surface area contributed by atoms with E-state index in [1.165, 1.54) is 6.20 Å². The highest BCUT2D eigenvalue weighted by atomic mass is 16.6. The number of pyridine rings is 1. The lowest BCUT2D eigenvalue weighted by molar-refractivity contribution is -0.158. The SMILES string of the molecule is CCOC(=O)C(C)(C)Oc1c(C)cc(CN(CC(=O)NNC(=O)c2cccnc2)Cc2nc(-c3ccccc3)oc2C)cc1C. The first-order valence-corrected chi connectivity index (χ1v) is 14.7. The average molecular weight is 614 g/mol. The van der Waals surface area contributed by atoms with E-state index in [1.807, 2.05) is 68.1 Å². The van der Waals surface area contributed by atoms with E-state index < -0.39 is 23.4 Å². The molecule has 2 N–H and O–H groups in total. The Morgan fingerprint density at radius 1 is 0.956 bits per heavy atom. The van der Waals surface area contributed by atoms with Crippen molar-refractivity contribution in [2.75, 3.05) is 13.2 Å². The van der Waals surface area contributed by atoms with Gasteiger partial charge in [-0.1, -0.05) is 30.3 Å². The van der Waals surface area contributed by atoms with Crippen molar-refractivity contribution in [3.63, 3.8) is 0 Å². The first kappa shape index (κ1) is 32.9. The van der Waals surface area contributed by atoms with E-state index in [9.17, 15) is 14.4 Å². The van der Waals surface area contributed by atoms with Crippen LogP contribution in [-0.4, -0.2) is 51.4 Å². The van der Waals surface area contributed by atoms with Crippen LogP contribution in [0.5, 0.6) is 5.75 Å². The van der Waals surface area contributed by atoms with Gasteiger partial charge in [0.1, 0.15) is 11.5 Å². The lowest BCUT2D eigenvalue weighted by Gasteiger charge is -2.27. The summed E-state index contributed by atoms with van der Waals surface area (Å²) in [6, 6.07) is 16.8. The smallest absolute Gasteiger partial charge is 0.349 e. The molecular weight excluding hydrogens is 574 g/mol. The number of hydrogen-bond acceptors (Lipinski definition) is 9. The Hall–Kier alpha value is -5.03. The lowest BCUT2D eigenvalue weighted by atomic mass is 10.0. The van der Waals surface area contributed by atoms with Gasteiger partial charge in [0, 0.05) is 31.0 Å². The number of esters is 1. The number of aromatic nitrogens is 2. The summed E-state index contributed by atoms with van der Waals surface area (Å²) in [4.78, 5) is 48.5. The number of aryl methyl sites for hydroxylation is 3. The van der Waals surface area contributed by atoms with Crippen LogP contribution < -0.4 is 15.6 Å². The van der Waals surface area contributed by atoms with E-state index >= 15 is 0 Å². The van der Waals surface area contributed by atoms with Crippen LogP contribution >= 0.6 is 0 Å². The molecule has 0 fully saturated rings. The molecule has 45 heavy (non-hydrogen) atoms. The van der Waals surface area contributed by atoms with Gasteiger partial charge in [-0.3, -0.25) is 30.3 Å². The summed E-state index contributed by atoms with van der Waals surface area (Å²) in [7, 11) is 0. The zero-order chi connectivity index (χ0) is 32.6. The van der Waals surface area contributed by atoms with Crippen molar-refractivity contribution < 1.29 is 28.3 Å². The summed E-state index contributed by atoms with van der Waals surface area (Å²) in [5.41, 5.74) is 8.20. The third-order valence-corrected chi connectivity index (χ3v) is 6.94. The molecule has 0 bridgehead atoms. The molecule has 4 rings (SSSR count). The van der Waals surface area contributed by atoms with Gasteiger partial charge in [0.15, 0.2) is 5.60 Å². The molecule has 11 heteroatoms. The minimum absolute atomic E-state index is 0.0491. The van der Waals surface area contributed by atoms with E-state index in [4.69, 9.17) is 18.9 Å². The minimum Gasteiger partial charge on any atom is -0.476 e. The molecule has 0 saturated carbocycles. The van der Waals surface area contributed by atoms with Crippen LogP contribution in [0.2, 0.25) is 0 Å². The van der Waals surface area contributed by atoms with Gasteiger partial charge in [0.25, 0.3) is 11.8 Å². The summed E-state index contributed by atoms with van der Waals surface area (Å²) in [6.45, 7) is 11.7. The second-order valence-corrected chi connectivity index (χ2v) is 11.2. The maximum absolute atomic E-state index is 13.1. The fourth-order valence-corrected chi connectivity index (χ4v) is 4.75. The van der Waals surface area contributed by atoms with Gasteiger partial charge in [-0.25, -0.2) is 9.78 Å². The zero-order valence-electron chi connectivity index (χ0n) is 26.5. The van der Waals surface area contributed by atoms with Crippen molar-refractivity contribution in [1.29, 1.82) is 0 Å². The molecule has 2 heterocycles. The fraction of sp³-hybridized carbons (Fsp3) is 0.324. The summed E-state index contributed by atoms with van der Waals surface area (Å²) in [6.07, 6.45) is 2.98. The summed E-state index contributed by atoms with van der Waals surface area (Å²) >= 11 is 0. The van der Waals surface area contributed by atoms with Crippen LogP contribution in [0.1, 0.15) is 59.3 Å². The van der Waals surface area contributed by atoms with Gasteiger partial charge < -0.3 is 13.9 Å². The molecule has 0 unspecified atom stereocenters. The number of hydrogen-bond donors (Lipinski definition) is 2. The number of rotatable bonds is 12. The Balaban J connectivity index is 1.54. The first-order valence-electron chi connectivity index (χ1n) is 14.7. The van der Waals surface area contributed by atoms with Crippen molar-refractivity contribution in [1.82, 2.24) is 25.7 Å². The molecule has 2 amide bonds. The monoisotopic (exact) mass is 613 g/mol. The molecule has 236 valence electrons. The van der Waals surface area contributed by atoms with Crippen LogP contribution in [0.15, 0.2) is 71.4 Å². The Labute approximate surface area is 262 Å². The van der Waals surface area contributed by atoms with Crippen LogP contribution in [-0.2, 0) is 27.4 Å². The Morgan fingerprint density at radius 3 is 2.31 bits per heavy atom. The zero-order valence-corrected chi connectivity index (χ0v) is 26.5. The molecule has 0 aliphatic carbocycles. The van der Waals surface area contributed by atoms with E-state index in [0.29, 0.717) is 41.7 Å². The van der Waals surface area contributed by atoms with Gasteiger partial charge in [-0.05, 0) is 82.5 Å². The number of benzene rings is 2. The van der Waals surface area contributed by atoms with Crippen LogP contribution in [0, 0.1) is 20.8 Å². The molecule has 4 aromatic rings. The normalized spacial score (nSPS) is 11.3. The van der Waals surface area contributed by atoms with E-state index in [-0.39, 0.29) is 13.2 Å². The molecule has 2 aromatic heterocycles. The van der Waals surface area contributed by atoms with Crippen LogP contribution in [0.3, 0.4) is 0 Å². The Bertz CT molecular complexity index is 1610. The molecule has 11 nitrogen and oxygen atoms in total. The minimum atomic E-state index is -1.17. The second-order valence-electron chi connectivity index (χ2n) is 11.2. The highest BCUT2D eigenvalue weighted by Crippen LogP contribution is 2.30. The topological polar surface area (TPSA) is 136 Å². The number of ether oxygens (including phenoxy) is 2. The fourth-order valence-electron chi connectivity index (χ4n) is 4.75. The first-order chi connectivity index (χ1) is 21.5. The number of amides is 2. The summed E-state index contributed by atoms with van der Waals surface area (Å²) in [5, 5.41) is 0. The number of nitrogens with zero attached hydrogens (tertiary/aromatic N) is 3. The molecule has 0 spiro atoms. The predicted octanol–water partition coefficient (Wildman–Crippen LogP) is 4.85. The molecule has 0 aliphatic rings. The predicted molar refractivity (Wildman–Crippen MR) is 168 cm³/mol. The largest absolute Gasteiger partial charge is 0.476 e. The lowest BCUT2D eigenvalue weighted by Crippen LogP contribution is -2.46. The quantitative estimate of drug-likeness (QED) is 0.170. The van der Waals surface area contributed by atoms with Gasteiger partial charge in [-0.15, -0.1) is 0 Å². The summed E-state index contributed by atoms with van der Waals surface area (Å²) in [5.74, 6) is 0.393. The highest BCUT2D eigenvalue weighted by Gasteiger charge is 2.32. The maximum atomic E-state index is 13.1. The Kier molecular flexibility index (Phi) is 10.7. The molecule has 0 aliphatic heterocycles. The van der Waals surface area contributed by atoms with Crippen molar-refractivity contribution >= 4 is 17.8 Å². The van der Waals surface area contributed by atoms with Crippen molar-refractivity contribution in [3.8, 4) is 17.2 Å². The molecule has 0 saturated heterocycles. The average Bonchev–Trinajstić information content (AvgIpc) is 3.38. The molecule has 0 atom stereocenters. The van der Waals surface area contributed by atoms with Crippen molar-refractivity contribution in [3.05, 3.63) is 101 Å². The van der Waals surface area contributed by atoms with Gasteiger partial charge >= 0.3 is 5.97 Å². The molecule has 0 radical (unpaired) electrons. The van der Waals surface area contributed by atoms with E-state index in [0.717, 1.165) is 22.3 Å². The second kappa shape index (κ2) is 14.6. The number of nitrogens with one attached hydrogen (secondary N) is 2. The third-order valence-electron chi connectivity index (χ3n) is 6.94. The molecular formula is C34H39N5O6. The number of oxazole rings is 1. The maximum Gasteiger partial charge on any atom is 0.349 e. The van der Waals surface area contributed by atoms with Crippen molar-refractivity contribution in [2.24, 2.45) is 0 Å². The van der Waals surface area contributed by atoms with Crippen LogP contribution in [0.25, 0.3) is 11.5 Å². The number of carbonyl (C=O) groups is 3. The highest BCUT2D eigenvalue weighted by molar-refractivity contribution is 5.95. The van der Waals surface area contributed by atoms with E-state index in [1.54, 1.807) is 39.1 Å². The third kappa shape index (κ3) is 8.76. The van der Waals surface area contributed by atoms with Gasteiger partial charge in [0.05, 0.1) is 24.4 Å². The summed E-state index contributed by atoms with van der Waals surface area (Å²) < 4.78 is 17.3. The van der Waals surface area contributed by atoms with Gasteiger partial charge in [-0.2, -0.15) is 0 Å².